The predicted molar refractivity (Wildman–Crippen MR) is 85.4 cm³/mol. The molecule has 1 amide bonds. The van der Waals surface area contributed by atoms with Gasteiger partial charge in [0.15, 0.2) is 6.10 Å². The average molecular weight is 373 g/mol. The summed E-state index contributed by atoms with van der Waals surface area (Å²) in [5, 5.41) is 12.3. The van der Waals surface area contributed by atoms with Crippen LogP contribution in [0.3, 0.4) is 0 Å². The van der Waals surface area contributed by atoms with Gasteiger partial charge in [-0.2, -0.15) is 0 Å². The Kier molecular flexibility index (Phi) is 7.72. The number of esters is 3. The van der Waals surface area contributed by atoms with E-state index >= 15 is 0 Å². The van der Waals surface area contributed by atoms with Gasteiger partial charge in [-0.25, -0.2) is 0 Å². The molecule has 146 valence electrons. The van der Waals surface area contributed by atoms with E-state index in [9.17, 15) is 24.3 Å². The Labute approximate surface area is 150 Å². The number of ether oxygens (including phenoxy) is 4. The van der Waals surface area contributed by atoms with E-state index in [4.69, 9.17) is 18.9 Å². The number of amides is 1. The first-order valence-corrected chi connectivity index (χ1v) is 7.84. The van der Waals surface area contributed by atoms with Crippen molar-refractivity contribution >= 4 is 24.3 Å². The van der Waals surface area contributed by atoms with Crippen molar-refractivity contribution in [2.45, 2.75) is 57.3 Å². The molecule has 0 spiro atoms. The third-order valence-corrected chi connectivity index (χ3v) is 3.63. The van der Waals surface area contributed by atoms with E-state index < -0.39 is 54.7 Å². The minimum absolute atomic E-state index is 0.152. The van der Waals surface area contributed by atoms with Gasteiger partial charge in [0.25, 0.3) is 5.79 Å². The van der Waals surface area contributed by atoms with E-state index in [1.807, 2.05) is 0 Å². The van der Waals surface area contributed by atoms with Crippen LogP contribution in [0.4, 0.5) is 0 Å². The van der Waals surface area contributed by atoms with Crippen molar-refractivity contribution in [3.8, 4) is 0 Å². The smallest absolute Gasteiger partial charge is 0.305 e. The van der Waals surface area contributed by atoms with Gasteiger partial charge in [0, 0.05) is 20.8 Å². The molecule has 1 fully saturated rings. The lowest BCUT2D eigenvalue weighted by molar-refractivity contribution is -0.343. The first kappa shape index (κ1) is 21.6. The van der Waals surface area contributed by atoms with E-state index in [0.717, 1.165) is 20.8 Å². The van der Waals surface area contributed by atoms with Crippen LogP contribution in [0.5, 0.6) is 0 Å². The summed E-state index contributed by atoms with van der Waals surface area (Å²) in [5.41, 5.74) is 0. The van der Waals surface area contributed by atoms with Gasteiger partial charge in [-0.1, -0.05) is 6.08 Å². The van der Waals surface area contributed by atoms with Crippen LogP contribution in [0, 0.1) is 0 Å². The van der Waals surface area contributed by atoms with Gasteiger partial charge in [0.2, 0.25) is 12.5 Å². The molecule has 5 atom stereocenters. The van der Waals surface area contributed by atoms with Crippen LogP contribution in [0.25, 0.3) is 0 Å². The summed E-state index contributed by atoms with van der Waals surface area (Å²) in [7, 11) is 0. The molecule has 0 radical (unpaired) electrons. The molecule has 1 rings (SSSR count). The Bertz CT molecular complexity index is 564. The van der Waals surface area contributed by atoms with E-state index in [2.05, 4.69) is 11.9 Å². The quantitative estimate of drug-likeness (QED) is 0.242. The van der Waals surface area contributed by atoms with Crippen molar-refractivity contribution in [3.63, 3.8) is 0 Å². The van der Waals surface area contributed by atoms with Crippen LogP contribution in [-0.4, -0.2) is 66.2 Å². The second-order valence-electron chi connectivity index (χ2n) is 5.66. The van der Waals surface area contributed by atoms with Crippen molar-refractivity contribution in [1.29, 1.82) is 0 Å². The van der Waals surface area contributed by atoms with Gasteiger partial charge in [0.05, 0.1) is 12.1 Å². The molecule has 0 unspecified atom stereocenters. The largest absolute Gasteiger partial charge is 0.456 e. The van der Waals surface area contributed by atoms with Crippen LogP contribution in [0.1, 0.15) is 27.2 Å². The van der Waals surface area contributed by atoms with Crippen LogP contribution >= 0.6 is 0 Å². The summed E-state index contributed by atoms with van der Waals surface area (Å²) in [4.78, 5) is 45.7. The molecule has 10 nitrogen and oxygen atoms in total. The summed E-state index contributed by atoms with van der Waals surface area (Å²) < 4.78 is 21.2. The standard InChI is InChI=1S/C16H23NO9/c1-5-6-12-13(17-8-19)14(23-9(2)20)15(24-10(3)21)16(7-18,26-12)25-11(4)22/h5,8,12-15,18H,1,6-7H2,2-4H3,(H,17,19)/t12-,13+,14+,15-,16-/m0/s1. The van der Waals surface area contributed by atoms with Gasteiger partial charge in [-0.3, -0.25) is 19.2 Å². The molecule has 10 heteroatoms. The van der Waals surface area contributed by atoms with Crippen molar-refractivity contribution < 1.29 is 43.2 Å². The second-order valence-corrected chi connectivity index (χ2v) is 5.66. The van der Waals surface area contributed by atoms with Crippen molar-refractivity contribution in [2.24, 2.45) is 0 Å². The van der Waals surface area contributed by atoms with E-state index in [0.29, 0.717) is 6.41 Å². The summed E-state index contributed by atoms with van der Waals surface area (Å²) in [5.74, 6) is -4.48. The van der Waals surface area contributed by atoms with Crippen molar-refractivity contribution in [2.75, 3.05) is 6.61 Å². The Morgan fingerprint density at radius 3 is 2.23 bits per heavy atom. The molecular weight excluding hydrogens is 350 g/mol. The maximum Gasteiger partial charge on any atom is 0.305 e. The molecular formula is C16H23NO9. The Hall–Kier alpha value is -2.46. The van der Waals surface area contributed by atoms with Gasteiger partial charge < -0.3 is 29.4 Å². The fourth-order valence-electron chi connectivity index (χ4n) is 2.83. The fourth-order valence-corrected chi connectivity index (χ4v) is 2.83. The maximum atomic E-state index is 11.6. The molecule has 0 aromatic heterocycles. The minimum Gasteiger partial charge on any atom is -0.456 e. The molecule has 26 heavy (non-hydrogen) atoms. The second kappa shape index (κ2) is 9.30. The number of carbonyl (C=O) groups is 4. The van der Waals surface area contributed by atoms with Gasteiger partial charge in [0.1, 0.15) is 6.61 Å². The van der Waals surface area contributed by atoms with Gasteiger partial charge >= 0.3 is 17.9 Å². The predicted octanol–water partition coefficient (Wildman–Crippen LogP) is -0.809. The topological polar surface area (TPSA) is 137 Å². The first-order valence-electron chi connectivity index (χ1n) is 7.84. The molecule has 1 heterocycles. The Morgan fingerprint density at radius 2 is 1.81 bits per heavy atom. The molecule has 1 aliphatic rings. The SMILES string of the molecule is C=CC[C@@H]1O[C@](CO)(OC(C)=O)[C@@H](OC(C)=O)[C@H](OC(C)=O)[C@@H]1NC=O. The monoisotopic (exact) mass is 373 g/mol. The summed E-state index contributed by atoms with van der Waals surface area (Å²) in [6.07, 6.45) is -1.71. The third-order valence-electron chi connectivity index (χ3n) is 3.63. The molecule has 0 aromatic rings. The normalized spacial score (nSPS) is 30.6. The molecule has 0 bridgehead atoms. The summed E-state index contributed by atoms with van der Waals surface area (Å²) in [6, 6.07) is -0.950. The van der Waals surface area contributed by atoms with Gasteiger partial charge in [-0.15, -0.1) is 6.58 Å². The molecule has 2 N–H and O–H groups in total. The lowest BCUT2D eigenvalue weighted by atomic mass is 9.88. The number of hydrogen-bond acceptors (Lipinski definition) is 9. The molecule has 1 saturated heterocycles. The molecule has 0 aromatic carbocycles. The highest BCUT2D eigenvalue weighted by molar-refractivity contribution is 5.69. The lowest BCUT2D eigenvalue weighted by Gasteiger charge is -2.50. The molecule has 0 saturated carbocycles. The molecule has 0 aliphatic carbocycles. The van der Waals surface area contributed by atoms with Crippen LogP contribution in [0.2, 0.25) is 0 Å². The number of aliphatic hydroxyl groups excluding tert-OH is 1. The Balaban J connectivity index is 3.48. The van der Waals surface area contributed by atoms with Gasteiger partial charge in [-0.05, 0) is 6.42 Å². The Morgan fingerprint density at radius 1 is 1.19 bits per heavy atom. The van der Waals surface area contributed by atoms with Crippen LogP contribution < -0.4 is 5.32 Å². The minimum atomic E-state index is -2.12. The number of carbonyl (C=O) groups excluding carboxylic acids is 4. The summed E-state index contributed by atoms with van der Waals surface area (Å²) >= 11 is 0. The fraction of sp³-hybridized carbons (Fsp3) is 0.625. The number of rotatable bonds is 8. The average Bonchev–Trinajstić information content (AvgIpc) is 2.53. The molecule has 1 aliphatic heterocycles. The van der Waals surface area contributed by atoms with Crippen molar-refractivity contribution in [1.82, 2.24) is 5.32 Å². The third kappa shape index (κ3) is 5.02. The van der Waals surface area contributed by atoms with Crippen molar-refractivity contribution in [3.05, 3.63) is 12.7 Å². The highest BCUT2D eigenvalue weighted by Gasteiger charge is 2.60. The summed E-state index contributed by atoms with van der Waals surface area (Å²) in [6.45, 7) is 5.97. The van der Waals surface area contributed by atoms with E-state index in [1.54, 1.807) is 0 Å². The number of nitrogens with one attached hydrogen (secondary N) is 1. The number of hydrogen-bond donors (Lipinski definition) is 2. The zero-order valence-corrected chi connectivity index (χ0v) is 14.8. The van der Waals surface area contributed by atoms with E-state index in [1.165, 1.54) is 6.08 Å². The lowest BCUT2D eigenvalue weighted by Crippen LogP contribution is -2.71. The van der Waals surface area contributed by atoms with E-state index in [-0.39, 0.29) is 6.42 Å². The van der Waals surface area contributed by atoms with Crippen LogP contribution in [-0.2, 0) is 38.1 Å². The highest BCUT2D eigenvalue weighted by atomic mass is 16.8. The number of aliphatic hydroxyl groups is 1. The van der Waals surface area contributed by atoms with Crippen LogP contribution in [0.15, 0.2) is 12.7 Å². The maximum absolute atomic E-state index is 11.6. The first-order chi connectivity index (χ1) is 12.2. The zero-order valence-electron chi connectivity index (χ0n) is 14.8. The highest BCUT2D eigenvalue weighted by Crippen LogP contribution is 2.36. The zero-order chi connectivity index (χ0) is 19.9.